The lowest BCUT2D eigenvalue weighted by atomic mass is 10.1. The van der Waals surface area contributed by atoms with Gasteiger partial charge in [0, 0.05) is 48.3 Å². The van der Waals surface area contributed by atoms with Crippen LogP contribution >= 0.6 is 46.6 Å². The van der Waals surface area contributed by atoms with Crippen molar-refractivity contribution in [3.63, 3.8) is 0 Å². The molecule has 0 saturated heterocycles. The van der Waals surface area contributed by atoms with Gasteiger partial charge in [-0.2, -0.15) is 0 Å². The SMILES string of the molecule is O=C([C@@H](NSc1ccc2ncccc2c1)c1ccccc1)N(Cc1cc(-c2csc(CN(Cc3ccco3)C(=O)[C@H](NSc3ccc4ncccc4c3)c3ccccc3)c2)co1)Cc1cccs1. The smallest absolute Gasteiger partial charge is 0.245 e. The van der Waals surface area contributed by atoms with Crippen LogP contribution in [0, 0.1) is 0 Å². The van der Waals surface area contributed by atoms with E-state index in [-0.39, 0.29) is 24.9 Å². The zero-order valence-electron chi connectivity index (χ0n) is 36.5. The van der Waals surface area contributed by atoms with Crippen LogP contribution in [-0.4, -0.2) is 31.6 Å². The molecule has 0 radical (unpaired) electrons. The number of carbonyl (C=O) groups excluding carboxylic acids is 2. The maximum absolute atomic E-state index is 14.8. The minimum atomic E-state index is -0.650. The molecule has 0 aliphatic heterocycles. The van der Waals surface area contributed by atoms with Crippen molar-refractivity contribution in [3.05, 3.63) is 226 Å². The van der Waals surface area contributed by atoms with Gasteiger partial charge in [0.25, 0.3) is 0 Å². The fourth-order valence-corrected chi connectivity index (χ4v) is 11.1. The van der Waals surface area contributed by atoms with E-state index >= 15 is 0 Å². The highest BCUT2D eigenvalue weighted by Gasteiger charge is 2.30. The molecule has 10 aromatic rings. The van der Waals surface area contributed by atoms with Crippen LogP contribution in [0.15, 0.2) is 212 Å². The maximum atomic E-state index is 14.8. The van der Waals surface area contributed by atoms with Crippen molar-refractivity contribution in [2.24, 2.45) is 0 Å². The minimum Gasteiger partial charge on any atom is -0.467 e. The monoisotopic (exact) mass is 968 g/mol. The molecule has 68 heavy (non-hydrogen) atoms. The third kappa shape index (κ3) is 11.0. The molecule has 2 amide bonds. The molecule has 0 saturated carbocycles. The Bertz CT molecular complexity index is 3020. The summed E-state index contributed by atoms with van der Waals surface area (Å²) >= 11 is 6.05. The molecule has 2 atom stereocenters. The van der Waals surface area contributed by atoms with E-state index in [1.807, 2.05) is 155 Å². The molecule has 0 aliphatic rings. The van der Waals surface area contributed by atoms with Crippen LogP contribution in [0.5, 0.6) is 0 Å². The number of aromatic nitrogens is 2. The fraction of sp³-hybridized carbons (Fsp3) is 0.111. The summed E-state index contributed by atoms with van der Waals surface area (Å²) in [7, 11) is 0. The number of nitrogens with one attached hydrogen (secondary N) is 2. The van der Waals surface area contributed by atoms with E-state index in [0.29, 0.717) is 24.6 Å². The summed E-state index contributed by atoms with van der Waals surface area (Å²) in [5.41, 5.74) is 5.40. The average molecular weight is 969 g/mol. The Morgan fingerprint density at radius 3 is 1.72 bits per heavy atom. The van der Waals surface area contributed by atoms with Crippen LogP contribution in [0.1, 0.15) is 44.5 Å². The Morgan fingerprint density at radius 2 is 1.15 bits per heavy atom. The number of nitrogens with zero attached hydrogens (tertiary/aromatic N) is 4. The summed E-state index contributed by atoms with van der Waals surface area (Å²) in [4.78, 5) is 46.2. The average Bonchev–Trinajstić information content (AvgIpc) is 4.25. The number of hydrogen-bond donors (Lipinski definition) is 2. The molecule has 2 N–H and O–H groups in total. The van der Waals surface area contributed by atoms with Crippen LogP contribution in [0.2, 0.25) is 0 Å². The number of fused-ring (bicyclic) bond motifs is 2. The topological polar surface area (TPSA) is 117 Å². The first-order chi connectivity index (χ1) is 33.5. The Hall–Kier alpha value is -6.78. The molecule has 10 rings (SSSR count). The number of thiophene rings is 2. The van der Waals surface area contributed by atoms with E-state index in [4.69, 9.17) is 8.83 Å². The van der Waals surface area contributed by atoms with Gasteiger partial charge in [0.1, 0.15) is 23.6 Å². The van der Waals surface area contributed by atoms with Crippen molar-refractivity contribution in [2.75, 3.05) is 0 Å². The van der Waals surface area contributed by atoms with Crippen molar-refractivity contribution in [1.82, 2.24) is 29.2 Å². The van der Waals surface area contributed by atoms with Crippen molar-refractivity contribution < 1.29 is 18.4 Å². The first kappa shape index (κ1) is 45.0. The second-order valence-corrected chi connectivity index (χ2v) is 19.8. The molecule has 0 spiro atoms. The van der Waals surface area contributed by atoms with Gasteiger partial charge in [-0.05, 0) is 130 Å². The second kappa shape index (κ2) is 21.5. The Morgan fingerprint density at radius 1 is 0.544 bits per heavy atom. The van der Waals surface area contributed by atoms with Gasteiger partial charge in [0.15, 0.2) is 0 Å². The molecular weight excluding hydrogens is 925 g/mol. The van der Waals surface area contributed by atoms with Crippen LogP contribution < -0.4 is 9.44 Å². The molecule has 4 aromatic carbocycles. The number of rotatable bonds is 19. The predicted octanol–water partition coefficient (Wildman–Crippen LogP) is 12.9. The number of carbonyl (C=O) groups is 2. The molecule has 0 fully saturated rings. The first-order valence-corrected chi connectivity index (χ1v) is 25.3. The largest absolute Gasteiger partial charge is 0.467 e. The highest BCUT2D eigenvalue weighted by molar-refractivity contribution is 7.97. The summed E-state index contributed by atoms with van der Waals surface area (Å²) in [5.74, 6) is 1.18. The molecule has 14 heteroatoms. The van der Waals surface area contributed by atoms with E-state index in [2.05, 4.69) is 43.0 Å². The molecule has 0 aliphatic carbocycles. The first-order valence-electron chi connectivity index (χ1n) is 21.9. The Labute approximate surface area is 410 Å². The second-order valence-electron chi connectivity index (χ2n) is 16.0. The number of pyridine rings is 2. The maximum Gasteiger partial charge on any atom is 0.245 e. The van der Waals surface area contributed by atoms with Gasteiger partial charge in [-0.15, -0.1) is 22.7 Å². The van der Waals surface area contributed by atoms with Crippen LogP contribution in [0.3, 0.4) is 0 Å². The van der Waals surface area contributed by atoms with Gasteiger partial charge in [0.2, 0.25) is 11.8 Å². The van der Waals surface area contributed by atoms with Crippen LogP contribution in [0.25, 0.3) is 32.9 Å². The van der Waals surface area contributed by atoms with E-state index < -0.39 is 12.1 Å². The number of hydrogen-bond acceptors (Lipinski definition) is 12. The summed E-state index contributed by atoms with van der Waals surface area (Å²) in [6.45, 7) is 1.33. The third-order valence-electron chi connectivity index (χ3n) is 11.3. The molecule has 338 valence electrons. The molecular formula is C54H44N6O4S4. The summed E-state index contributed by atoms with van der Waals surface area (Å²) in [5, 5.41) is 6.17. The summed E-state index contributed by atoms with van der Waals surface area (Å²) in [6, 6.07) is 50.3. The minimum absolute atomic E-state index is 0.0760. The lowest BCUT2D eigenvalue weighted by molar-refractivity contribution is -0.135. The van der Waals surface area contributed by atoms with Gasteiger partial charge in [-0.3, -0.25) is 19.6 Å². The standard InChI is InChI=1S/C54H44N6O4S4/c61-53(51(37-11-3-1-4-12-37)57-67-45-19-21-49-39(28-45)15-7-23-55-49)59(31-43-17-9-25-63-43)34-48-30-42(36-66-48)41-27-44(64-35-41)32-60(33-47-18-10-26-65-47)54(62)52(38-13-5-2-6-14-38)58-68-46-20-22-50-40(29-46)16-8-24-56-50/h1-30,35-36,51-52,57-58H,31-34H2/t51-,52+/m1/s1. The van der Waals surface area contributed by atoms with Gasteiger partial charge < -0.3 is 18.6 Å². The van der Waals surface area contributed by atoms with E-state index in [0.717, 1.165) is 63.6 Å². The quantitative estimate of drug-likeness (QED) is 0.0759. The lowest BCUT2D eigenvalue weighted by Gasteiger charge is -2.27. The van der Waals surface area contributed by atoms with Crippen molar-refractivity contribution in [3.8, 4) is 11.1 Å². The summed E-state index contributed by atoms with van der Waals surface area (Å²) in [6.07, 6.45) is 6.95. The molecule has 0 bridgehead atoms. The normalized spacial score (nSPS) is 12.3. The summed E-state index contributed by atoms with van der Waals surface area (Å²) < 4.78 is 19.0. The van der Waals surface area contributed by atoms with Crippen LogP contribution in [0.4, 0.5) is 0 Å². The predicted molar refractivity (Wildman–Crippen MR) is 273 cm³/mol. The molecule has 0 unspecified atom stereocenters. The highest BCUT2D eigenvalue weighted by Crippen LogP contribution is 2.33. The van der Waals surface area contributed by atoms with Crippen molar-refractivity contribution >= 4 is 80.2 Å². The van der Waals surface area contributed by atoms with E-state index in [9.17, 15) is 9.59 Å². The Balaban J connectivity index is 0.870. The van der Waals surface area contributed by atoms with Gasteiger partial charge in [-0.25, -0.2) is 9.44 Å². The lowest BCUT2D eigenvalue weighted by Crippen LogP contribution is -2.38. The van der Waals surface area contributed by atoms with Gasteiger partial charge >= 0.3 is 0 Å². The van der Waals surface area contributed by atoms with Crippen molar-refractivity contribution in [1.29, 1.82) is 0 Å². The molecule has 10 nitrogen and oxygen atoms in total. The Kier molecular flexibility index (Phi) is 14.2. The van der Waals surface area contributed by atoms with E-state index in [1.165, 1.54) is 23.9 Å². The zero-order valence-corrected chi connectivity index (χ0v) is 39.8. The van der Waals surface area contributed by atoms with Gasteiger partial charge in [-0.1, -0.05) is 78.9 Å². The van der Waals surface area contributed by atoms with Crippen molar-refractivity contribution in [2.45, 2.75) is 48.1 Å². The highest BCUT2D eigenvalue weighted by atomic mass is 32.2. The molecule has 6 heterocycles. The van der Waals surface area contributed by atoms with Crippen LogP contribution in [-0.2, 0) is 35.8 Å². The fourth-order valence-electron chi connectivity index (χ4n) is 7.88. The van der Waals surface area contributed by atoms with E-state index in [1.54, 1.807) is 47.6 Å². The number of furan rings is 2. The zero-order chi connectivity index (χ0) is 46.1. The van der Waals surface area contributed by atoms with Gasteiger partial charge in [0.05, 0.1) is 49.7 Å². The third-order valence-corrected chi connectivity index (χ3v) is 14.8. The number of benzene rings is 4. The number of amides is 2. The molecule has 6 aromatic heterocycles.